The molecule has 0 bridgehead atoms. The number of carbonyl (C=O) groups is 1. The Labute approximate surface area is 433 Å². The average molecular weight is 1050 g/mol. The zero-order chi connectivity index (χ0) is 53.4. The number of ether oxygens (including phenoxy) is 6. The van der Waals surface area contributed by atoms with E-state index >= 15 is 0 Å². The molecule has 19 nitrogen and oxygen atoms in total. The third-order valence-electron chi connectivity index (χ3n) is 13.6. The van der Waals surface area contributed by atoms with Gasteiger partial charge in [-0.3, -0.25) is 4.79 Å². The Kier molecular flexibility index (Phi) is 34.1. The van der Waals surface area contributed by atoms with Crippen molar-refractivity contribution in [3.8, 4) is 0 Å². The van der Waals surface area contributed by atoms with Gasteiger partial charge in [0, 0.05) is 6.42 Å². The molecule has 0 spiro atoms. The van der Waals surface area contributed by atoms with E-state index in [0.717, 1.165) is 64.2 Å². The van der Waals surface area contributed by atoms with Crippen molar-refractivity contribution >= 4 is 5.91 Å². The molecule has 12 N–H and O–H groups in total. The first kappa shape index (κ1) is 65.0. The fourth-order valence-corrected chi connectivity index (χ4v) is 8.97. The molecule has 17 unspecified atom stereocenters. The number of aliphatic hydroxyl groups is 11. The van der Waals surface area contributed by atoms with Crippen LogP contribution in [0.5, 0.6) is 0 Å². The molecule has 19 heteroatoms. The maximum atomic E-state index is 13.2. The number of unbranched alkanes of at least 4 members (excludes halogenated alkanes) is 16. The van der Waals surface area contributed by atoms with E-state index in [9.17, 15) is 61.0 Å². The molecule has 17 atom stereocenters. The molecule has 1 amide bonds. The molecule has 3 heterocycles. The second-order valence-electron chi connectivity index (χ2n) is 19.7. The van der Waals surface area contributed by atoms with Gasteiger partial charge in [0.05, 0.1) is 38.6 Å². The summed E-state index contributed by atoms with van der Waals surface area (Å²) < 4.78 is 34.1. The van der Waals surface area contributed by atoms with Gasteiger partial charge in [-0.25, -0.2) is 0 Å². The predicted molar refractivity (Wildman–Crippen MR) is 272 cm³/mol. The average Bonchev–Trinajstić information content (AvgIpc) is 3.39. The van der Waals surface area contributed by atoms with Crippen LogP contribution in [0.25, 0.3) is 0 Å². The minimum Gasteiger partial charge on any atom is -0.394 e. The van der Waals surface area contributed by atoms with Crippen molar-refractivity contribution in [2.24, 2.45) is 0 Å². The molecule has 0 aromatic heterocycles. The van der Waals surface area contributed by atoms with Gasteiger partial charge in [-0.1, -0.05) is 133 Å². The second-order valence-corrected chi connectivity index (χ2v) is 19.7. The summed E-state index contributed by atoms with van der Waals surface area (Å²) in [7, 11) is 0. The highest BCUT2D eigenvalue weighted by molar-refractivity contribution is 5.76. The normalized spacial score (nSPS) is 32.1. The van der Waals surface area contributed by atoms with E-state index < -0.39 is 124 Å². The number of aliphatic hydroxyl groups excluding tert-OH is 11. The Bertz CT molecular complexity index is 1530. The van der Waals surface area contributed by atoms with Gasteiger partial charge in [-0.15, -0.1) is 0 Å². The van der Waals surface area contributed by atoms with Crippen molar-refractivity contribution in [1.29, 1.82) is 0 Å². The van der Waals surface area contributed by atoms with Crippen LogP contribution in [0, 0.1) is 0 Å². The summed E-state index contributed by atoms with van der Waals surface area (Å²) in [4.78, 5) is 13.2. The summed E-state index contributed by atoms with van der Waals surface area (Å²) in [6, 6.07) is -0.998. The van der Waals surface area contributed by atoms with Crippen LogP contribution in [0.3, 0.4) is 0 Å². The summed E-state index contributed by atoms with van der Waals surface area (Å²) in [5.41, 5.74) is 0. The minimum absolute atomic E-state index is 0.220. The van der Waals surface area contributed by atoms with Gasteiger partial charge >= 0.3 is 0 Å². The molecular formula is C54H95NO18. The lowest BCUT2D eigenvalue weighted by molar-refractivity contribution is -0.379. The molecule has 0 aromatic rings. The Morgan fingerprint density at radius 3 is 1.41 bits per heavy atom. The van der Waals surface area contributed by atoms with Crippen LogP contribution in [0.15, 0.2) is 48.6 Å². The highest BCUT2D eigenvalue weighted by atomic mass is 16.8. The van der Waals surface area contributed by atoms with Gasteiger partial charge in [0.15, 0.2) is 18.9 Å². The lowest BCUT2D eigenvalue weighted by Crippen LogP contribution is -2.66. The van der Waals surface area contributed by atoms with E-state index in [-0.39, 0.29) is 18.9 Å². The van der Waals surface area contributed by atoms with E-state index in [1.54, 1.807) is 6.08 Å². The minimum atomic E-state index is -1.98. The third kappa shape index (κ3) is 23.5. The Hall–Kier alpha value is -2.25. The van der Waals surface area contributed by atoms with Gasteiger partial charge in [-0.2, -0.15) is 0 Å². The molecule has 3 aliphatic heterocycles. The fraction of sp³-hybridized carbons (Fsp3) is 0.833. The number of nitrogens with one attached hydrogen (secondary N) is 1. The molecule has 0 aliphatic carbocycles. The van der Waals surface area contributed by atoms with Crippen LogP contribution in [0.1, 0.15) is 155 Å². The lowest BCUT2D eigenvalue weighted by atomic mass is 9.96. The first-order valence-electron chi connectivity index (χ1n) is 27.4. The van der Waals surface area contributed by atoms with Crippen molar-refractivity contribution in [3.63, 3.8) is 0 Å². The standard InChI is InChI=1S/C54H95NO18/c1-3-5-7-9-11-13-15-16-17-18-19-20-22-23-25-27-29-31-38(59)37(55-42(60)32-30-28-26-24-21-14-12-10-8-6-4-2)36-68-52-48(66)45(63)50(40(34-57)70-52)73-54-49(67)46(64)51(41(35-58)71-54)72-53-47(65)44(62)43(61)39(33-56)69-53/h10,12,17-18,22-23,29,31,37-41,43-54,56-59,61-67H,3-9,11,13-16,19-21,24-28,30,32-36H2,1-2H3,(H,55,60)/b12-10-,18-17+,23-22+,31-29+. The van der Waals surface area contributed by atoms with Crippen LogP contribution in [0.4, 0.5) is 0 Å². The van der Waals surface area contributed by atoms with E-state index in [2.05, 4.69) is 55.6 Å². The first-order valence-corrected chi connectivity index (χ1v) is 27.4. The maximum absolute atomic E-state index is 13.2. The van der Waals surface area contributed by atoms with Crippen LogP contribution >= 0.6 is 0 Å². The van der Waals surface area contributed by atoms with E-state index in [1.165, 1.54) is 57.8 Å². The van der Waals surface area contributed by atoms with Gasteiger partial charge in [0.2, 0.25) is 5.91 Å². The number of allylic oxidation sites excluding steroid dienone is 7. The largest absolute Gasteiger partial charge is 0.394 e. The van der Waals surface area contributed by atoms with Gasteiger partial charge in [-0.05, 0) is 64.2 Å². The molecule has 73 heavy (non-hydrogen) atoms. The number of hydrogen-bond acceptors (Lipinski definition) is 18. The van der Waals surface area contributed by atoms with Crippen molar-refractivity contribution in [1.82, 2.24) is 5.32 Å². The van der Waals surface area contributed by atoms with E-state index in [1.807, 2.05) is 6.08 Å². The first-order chi connectivity index (χ1) is 35.3. The fourth-order valence-electron chi connectivity index (χ4n) is 8.97. The van der Waals surface area contributed by atoms with Crippen LogP contribution in [-0.4, -0.2) is 193 Å². The summed E-state index contributed by atoms with van der Waals surface area (Å²) in [5, 5.41) is 120. The Balaban J connectivity index is 1.56. The van der Waals surface area contributed by atoms with Crippen LogP contribution in [-0.2, 0) is 33.2 Å². The lowest BCUT2D eigenvalue weighted by Gasteiger charge is -2.48. The van der Waals surface area contributed by atoms with Crippen molar-refractivity contribution in [3.05, 3.63) is 48.6 Å². The molecule has 3 saturated heterocycles. The van der Waals surface area contributed by atoms with E-state index in [4.69, 9.17) is 28.4 Å². The molecule has 0 saturated carbocycles. The number of hydrogen-bond donors (Lipinski definition) is 12. The van der Waals surface area contributed by atoms with Crippen molar-refractivity contribution < 1.29 is 89.4 Å². The molecule has 0 aromatic carbocycles. The third-order valence-corrected chi connectivity index (χ3v) is 13.6. The number of carbonyl (C=O) groups excluding carboxylic acids is 1. The van der Waals surface area contributed by atoms with Crippen LogP contribution < -0.4 is 5.32 Å². The van der Waals surface area contributed by atoms with Gasteiger partial charge in [0.1, 0.15) is 73.2 Å². The number of amides is 1. The zero-order valence-electron chi connectivity index (χ0n) is 43.6. The zero-order valence-corrected chi connectivity index (χ0v) is 43.6. The molecule has 424 valence electrons. The molecular weight excluding hydrogens is 951 g/mol. The smallest absolute Gasteiger partial charge is 0.220 e. The highest BCUT2D eigenvalue weighted by Gasteiger charge is 2.53. The molecule has 3 fully saturated rings. The van der Waals surface area contributed by atoms with Gasteiger partial charge < -0.3 is 89.9 Å². The maximum Gasteiger partial charge on any atom is 0.220 e. The molecule has 3 rings (SSSR count). The Morgan fingerprint density at radius 1 is 0.479 bits per heavy atom. The van der Waals surface area contributed by atoms with Gasteiger partial charge in [0.25, 0.3) is 0 Å². The molecule has 3 aliphatic rings. The van der Waals surface area contributed by atoms with Crippen molar-refractivity contribution in [2.45, 2.75) is 259 Å². The topological polar surface area (TPSA) is 307 Å². The second kappa shape index (κ2) is 38.3. The quantitative estimate of drug-likeness (QED) is 0.0312. The summed E-state index contributed by atoms with van der Waals surface area (Å²) >= 11 is 0. The number of rotatable bonds is 38. The Morgan fingerprint density at radius 2 is 0.890 bits per heavy atom. The monoisotopic (exact) mass is 1050 g/mol. The summed E-state index contributed by atoms with van der Waals surface area (Å²) in [5.74, 6) is -0.304. The predicted octanol–water partition coefficient (Wildman–Crippen LogP) is 3.14. The summed E-state index contributed by atoms with van der Waals surface area (Å²) in [6.45, 7) is 1.60. The van der Waals surface area contributed by atoms with Crippen molar-refractivity contribution in [2.75, 3.05) is 26.4 Å². The summed E-state index contributed by atoms with van der Waals surface area (Å²) in [6.07, 6.45) is 12.6. The SMILES string of the molecule is CCCC/C=C\CCCCCCCC(=O)NC(COC1OC(CO)C(OC2OC(CO)C(OC3OC(CO)C(O)C(O)C3O)C(O)C2O)C(O)C1O)C(O)/C=C/CC/C=C/CC/C=C/CCCCCCCCC. The van der Waals surface area contributed by atoms with E-state index in [0.29, 0.717) is 12.8 Å². The highest BCUT2D eigenvalue weighted by Crippen LogP contribution is 2.33. The molecule has 0 radical (unpaired) electrons. The van der Waals surface area contributed by atoms with Crippen LogP contribution in [0.2, 0.25) is 0 Å².